The number of halogens is 4. The molecule has 2 amide bonds. The Kier molecular flexibility index (Phi) is 6.59. The fourth-order valence-electron chi connectivity index (χ4n) is 2.39. The van der Waals surface area contributed by atoms with E-state index in [1.165, 1.54) is 48.5 Å². The van der Waals surface area contributed by atoms with Gasteiger partial charge in [0.25, 0.3) is 0 Å². The summed E-state index contributed by atoms with van der Waals surface area (Å²) in [7, 11) is 6.98. The van der Waals surface area contributed by atoms with Crippen molar-refractivity contribution in [1.29, 1.82) is 0 Å². The first-order valence-corrected chi connectivity index (χ1v) is 8.79. The molecule has 0 aliphatic heterocycles. The molecule has 0 aliphatic carbocycles. The fourth-order valence-corrected chi connectivity index (χ4v) is 2.39. The van der Waals surface area contributed by atoms with Crippen LogP contribution in [0.4, 0.5) is 40.3 Å². The minimum atomic E-state index is -5.28. The number of benzene rings is 2. The number of rotatable bonds is 7. The van der Waals surface area contributed by atoms with E-state index < -0.39 is 23.7 Å². The summed E-state index contributed by atoms with van der Waals surface area (Å²) >= 11 is 0. The molecule has 2 rings (SSSR count). The first-order valence-electron chi connectivity index (χ1n) is 8.79. The molecule has 2 aromatic carbocycles. The van der Waals surface area contributed by atoms with Gasteiger partial charge in [0.2, 0.25) is 0 Å². The van der Waals surface area contributed by atoms with Gasteiger partial charge < -0.3 is 20.4 Å². The van der Waals surface area contributed by atoms with Gasteiger partial charge in [0, 0.05) is 50.9 Å². The number of carbonyl (C=O) groups excluding carboxylic acids is 2. The van der Waals surface area contributed by atoms with Crippen molar-refractivity contribution in [2.24, 2.45) is 0 Å². The van der Waals surface area contributed by atoms with Gasteiger partial charge in [-0.1, -0.05) is 0 Å². The molecule has 0 saturated heterocycles. The number of nitrogens with one attached hydrogen (secondary N) is 2. The second-order valence-electron chi connectivity index (χ2n) is 6.94. The zero-order valence-corrected chi connectivity index (χ0v) is 16.8. The van der Waals surface area contributed by atoms with Crippen LogP contribution < -0.4 is 20.4 Å². The lowest BCUT2D eigenvalue weighted by Crippen LogP contribution is -2.56. The first kappa shape index (κ1) is 23.0. The van der Waals surface area contributed by atoms with Crippen LogP contribution in [-0.2, 0) is 9.59 Å². The summed E-state index contributed by atoms with van der Waals surface area (Å²) in [6.07, 6.45) is 0. The van der Waals surface area contributed by atoms with E-state index in [2.05, 4.69) is 0 Å². The van der Waals surface area contributed by atoms with Crippen molar-refractivity contribution >= 4 is 34.6 Å². The molecule has 0 radical (unpaired) electrons. The number of amides is 2. The maximum Gasteiger partial charge on any atom is 0.396 e. The van der Waals surface area contributed by atoms with Crippen molar-refractivity contribution in [2.45, 2.75) is 11.8 Å². The van der Waals surface area contributed by atoms with Crippen LogP contribution in [0.15, 0.2) is 48.5 Å². The molecule has 0 bridgehead atoms. The number of nitrogens with zero attached hydrogens (tertiary/aromatic N) is 2. The summed E-state index contributed by atoms with van der Waals surface area (Å²) in [6.45, 7) is 0. The van der Waals surface area contributed by atoms with Gasteiger partial charge in [0.1, 0.15) is 0 Å². The molecule has 0 fully saturated rings. The Morgan fingerprint density at radius 3 is 1.13 bits per heavy atom. The molecule has 0 unspecified atom stereocenters. The molecule has 0 heterocycles. The van der Waals surface area contributed by atoms with Gasteiger partial charge in [0.05, 0.1) is 0 Å². The summed E-state index contributed by atoms with van der Waals surface area (Å²) in [4.78, 5) is 27.1. The van der Waals surface area contributed by atoms with Gasteiger partial charge in [-0.05, 0) is 48.5 Å². The average Bonchev–Trinajstić information content (AvgIpc) is 2.68. The lowest BCUT2D eigenvalue weighted by molar-refractivity contribution is -0.204. The smallest absolute Gasteiger partial charge is 0.378 e. The van der Waals surface area contributed by atoms with Gasteiger partial charge in [-0.2, -0.15) is 17.6 Å². The van der Waals surface area contributed by atoms with Crippen LogP contribution in [0.3, 0.4) is 0 Å². The third-order valence-corrected chi connectivity index (χ3v) is 4.25. The highest BCUT2D eigenvalue weighted by atomic mass is 19.3. The number of hydrogen-bond acceptors (Lipinski definition) is 4. The molecular weight excluding hydrogens is 404 g/mol. The average molecular weight is 426 g/mol. The Labute approximate surface area is 171 Å². The van der Waals surface area contributed by atoms with E-state index in [1.807, 2.05) is 0 Å². The zero-order valence-electron chi connectivity index (χ0n) is 16.8. The van der Waals surface area contributed by atoms with Gasteiger partial charge in [-0.3, -0.25) is 9.59 Å². The van der Waals surface area contributed by atoms with Crippen molar-refractivity contribution in [3.05, 3.63) is 48.5 Å². The van der Waals surface area contributed by atoms with Crippen LogP contribution in [0.2, 0.25) is 0 Å². The first-order chi connectivity index (χ1) is 13.9. The fraction of sp³-hybridized carbons (Fsp3) is 0.300. The molecule has 0 atom stereocenters. The van der Waals surface area contributed by atoms with Gasteiger partial charge in [-0.15, -0.1) is 0 Å². The number of hydrogen-bond donors (Lipinski definition) is 2. The minimum absolute atomic E-state index is 0.110. The number of anilines is 4. The van der Waals surface area contributed by atoms with Crippen LogP contribution in [0.25, 0.3) is 0 Å². The Morgan fingerprint density at radius 2 is 0.900 bits per heavy atom. The highest BCUT2D eigenvalue weighted by Gasteiger charge is 2.67. The second kappa shape index (κ2) is 8.60. The second-order valence-corrected chi connectivity index (χ2v) is 6.94. The molecule has 0 spiro atoms. The van der Waals surface area contributed by atoms with Crippen LogP contribution in [0.5, 0.6) is 0 Å². The lowest BCUT2D eigenvalue weighted by Gasteiger charge is -2.24. The van der Waals surface area contributed by atoms with E-state index in [-0.39, 0.29) is 11.4 Å². The lowest BCUT2D eigenvalue weighted by atomic mass is 10.1. The molecular formula is C20H22F4N4O2. The van der Waals surface area contributed by atoms with Crippen molar-refractivity contribution < 1.29 is 27.2 Å². The summed E-state index contributed by atoms with van der Waals surface area (Å²) in [5, 5.41) is 3.44. The Bertz CT molecular complexity index is 823. The molecule has 162 valence electrons. The zero-order chi connectivity index (χ0) is 22.7. The third kappa shape index (κ3) is 4.81. The minimum Gasteiger partial charge on any atom is -0.378 e. The SMILES string of the molecule is CN(C)c1ccc(NC(=O)C(F)(F)C(F)(F)C(=O)Nc2ccc(N(C)C)cc2)cc1. The highest BCUT2D eigenvalue weighted by Crippen LogP contribution is 2.36. The summed E-state index contributed by atoms with van der Waals surface area (Å²) in [5.41, 5.74) is 1.20. The van der Waals surface area contributed by atoms with Crippen LogP contribution in [0.1, 0.15) is 0 Å². The standard InChI is InChI=1S/C20H22F4N4O2/c1-27(2)15-9-5-13(6-10-15)25-17(29)19(21,22)20(23,24)18(30)26-14-7-11-16(12-8-14)28(3)4/h5-12H,1-4H3,(H,25,29)(H,26,30). The highest BCUT2D eigenvalue weighted by molar-refractivity contribution is 6.05. The van der Waals surface area contributed by atoms with E-state index in [4.69, 9.17) is 0 Å². The van der Waals surface area contributed by atoms with Crippen molar-refractivity contribution in [3.8, 4) is 0 Å². The van der Waals surface area contributed by atoms with Crippen LogP contribution in [0, 0.1) is 0 Å². The molecule has 6 nitrogen and oxygen atoms in total. The van der Waals surface area contributed by atoms with Crippen LogP contribution >= 0.6 is 0 Å². The molecule has 30 heavy (non-hydrogen) atoms. The van der Waals surface area contributed by atoms with Gasteiger partial charge in [0.15, 0.2) is 0 Å². The molecule has 2 N–H and O–H groups in total. The van der Waals surface area contributed by atoms with Crippen molar-refractivity contribution in [1.82, 2.24) is 0 Å². The maximum atomic E-state index is 14.2. The Balaban J connectivity index is 2.12. The Morgan fingerprint density at radius 1 is 0.633 bits per heavy atom. The predicted molar refractivity (Wildman–Crippen MR) is 109 cm³/mol. The van der Waals surface area contributed by atoms with E-state index in [0.29, 0.717) is 11.4 Å². The normalized spacial score (nSPS) is 11.6. The maximum absolute atomic E-state index is 14.2. The topological polar surface area (TPSA) is 64.7 Å². The molecule has 2 aromatic rings. The summed E-state index contributed by atoms with van der Waals surface area (Å²) in [5.74, 6) is -15.1. The molecule has 10 heteroatoms. The predicted octanol–water partition coefficient (Wildman–Crippen LogP) is 3.67. The van der Waals surface area contributed by atoms with E-state index in [9.17, 15) is 27.2 Å². The third-order valence-electron chi connectivity index (χ3n) is 4.25. The summed E-state index contributed by atoms with van der Waals surface area (Å²) < 4.78 is 56.7. The van der Waals surface area contributed by atoms with Gasteiger partial charge >= 0.3 is 23.7 Å². The molecule has 0 aliphatic rings. The van der Waals surface area contributed by atoms with E-state index in [1.54, 1.807) is 48.6 Å². The monoisotopic (exact) mass is 426 g/mol. The molecule has 0 saturated carbocycles. The van der Waals surface area contributed by atoms with E-state index in [0.717, 1.165) is 0 Å². The number of carbonyl (C=O) groups is 2. The molecule has 0 aromatic heterocycles. The van der Waals surface area contributed by atoms with E-state index >= 15 is 0 Å². The Hall–Kier alpha value is -3.30. The summed E-state index contributed by atoms with van der Waals surface area (Å²) in [6, 6.07) is 11.2. The van der Waals surface area contributed by atoms with Crippen LogP contribution in [-0.4, -0.2) is 51.9 Å². The van der Waals surface area contributed by atoms with Gasteiger partial charge in [-0.25, -0.2) is 0 Å². The quantitative estimate of drug-likeness (QED) is 0.664. The van der Waals surface area contributed by atoms with Crippen molar-refractivity contribution in [3.63, 3.8) is 0 Å². The van der Waals surface area contributed by atoms with Crippen molar-refractivity contribution in [2.75, 3.05) is 48.6 Å². The number of alkyl halides is 4. The largest absolute Gasteiger partial charge is 0.396 e.